The predicted octanol–water partition coefficient (Wildman–Crippen LogP) is 4.94. The molecule has 2 aliphatic rings. The molecule has 0 spiro atoms. The highest BCUT2D eigenvalue weighted by Crippen LogP contribution is 2.30. The fourth-order valence-electron chi connectivity index (χ4n) is 3.43. The van der Waals surface area contributed by atoms with Crippen LogP contribution in [0.2, 0.25) is 0 Å². The molecule has 3 rings (SSSR count). The number of aliphatic imine (C=N–C) groups is 1. The minimum Gasteiger partial charge on any atom is -0.592 e. The van der Waals surface area contributed by atoms with E-state index >= 15 is 0 Å². The second-order valence-corrected chi connectivity index (χ2v) is 8.23. The Bertz CT molecular complexity index is 796. The summed E-state index contributed by atoms with van der Waals surface area (Å²) < 4.78 is 11.7. The minimum atomic E-state index is -0.840. The maximum absolute atomic E-state index is 10.4. The Balaban J connectivity index is 1.49. The van der Waals surface area contributed by atoms with Gasteiger partial charge >= 0.3 is 0 Å². The van der Waals surface area contributed by atoms with Crippen LogP contribution in [0.4, 0.5) is 0 Å². The number of allylic oxidation sites excluding steroid dienone is 2. The highest BCUT2D eigenvalue weighted by molar-refractivity contribution is 5.83. The first kappa shape index (κ1) is 22.2. The number of unbranched alkanes of at least 4 members (excludes halogenated alkanes) is 1. The number of phenolic OH excluding ortho intramolecular Hbond substituents is 1. The van der Waals surface area contributed by atoms with Gasteiger partial charge in [0.15, 0.2) is 29.9 Å². The van der Waals surface area contributed by atoms with Crippen molar-refractivity contribution < 1.29 is 19.7 Å². The van der Waals surface area contributed by atoms with Gasteiger partial charge in [-0.15, -0.1) is 4.99 Å². The summed E-state index contributed by atoms with van der Waals surface area (Å²) in [6.45, 7) is 6.40. The molecule has 0 fully saturated rings. The quantitative estimate of drug-likeness (QED) is 0.506. The molecule has 30 heavy (non-hydrogen) atoms. The molecule has 2 heterocycles. The van der Waals surface area contributed by atoms with Crippen LogP contribution in [0.15, 0.2) is 46.7 Å². The second-order valence-electron chi connectivity index (χ2n) is 8.23. The molecular formula is C25H33NO4. The SMILES string of the molecule is CCCCC1[CH-]C=C(CCc2ccc(O)c(OC[C@H](O)[C+]3C=C(C(C)C)C=N3)c2)O1. The number of phenols is 1. The lowest BCUT2D eigenvalue weighted by atomic mass is 10.0. The normalized spacial score (nSPS) is 18.8. The van der Waals surface area contributed by atoms with Gasteiger partial charge in [-0.2, -0.15) is 12.5 Å². The van der Waals surface area contributed by atoms with Gasteiger partial charge in [0.05, 0.1) is 6.08 Å². The summed E-state index contributed by atoms with van der Waals surface area (Å²) in [5.41, 5.74) is 2.14. The monoisotopic (exact) mass is 411 g/mol. The van der Waals surface area contributed by atoms with Crippen molar-refractivity contribution in [2.75, 3.05) is 6.61 Å². The predicted molar refractivity (Wildman–Crippen MR) is 119 cm³/mol. The van der Waals surface area contributed by atoms with Crippen molar-refractivity contribution in [3.8, 4) is 11.5 Å². The first-order valence-electron chi connectivity index (χ1n) is 10.9. The molecule has 1 aromatic rings. The van der Waals surface area contributed by atoms with Gasteiger partial charge in [0.2, 0.25) is 0 Å². The van der Waals surface area contributed by atoms with E-state index in [2.05, 4.69) is 38.3 Å². The average Bonchev–Trinajstić information content (AvgIpc) is 3.40. The van der Waals surface area contributed by atoms with E-state index < -0.39 is 6.10 Å². The highest BCUT2D eigenvalue weighted by Gasteiger charge is 2.30. The molecule has 0 aromatic heterocycles. The zero-order valence-electron chi connectivity index (χ0n) is 18.2. The van der Waals surface area contributed by atoms with E-state index in [1.54, 1.807) is 12.3 Å². The zero-order chi connectivity index (χ0) is 21.5. The first-order chi connectivity index (χ1) is 14.5. The average molecular weight is 412 g/mol. The number of aliphatic hydroxyl groups excluding tert-OH is 1. The van der Waals surface area contributed by atoms with Gasteiger partial charge in [-0.05, 0) is 44.4 Å². The van der Waals surface area contributed by atoms with Crippen molar-refractivity contribution in [3.05, 3.63) is 59.7 Å². The fraction of sp³-hybridized carbons (Fsp3) is 0.480. The molecule has 2 atom stereocenters. The van der Waals surface area contributed by atoms with Crippen LogP contribution in [0, 0.1) is 18.4 Å². The van der Waals surface area contributed by atoms with Crippen molar-refractivity contribution in [1.82, 2.24) is 0 Å². The molecule has 1 aromatic carbocycles. The summed E-state index contributed by atoms with van der Waals surface area (Å²) in [6, 6.07) is 5.94. The van der Waals surface area contributed by atoms with Crippen LogP contribution in [-0.4, -0.2) is 35.2 Å². The largest absolute Gasteiger partial charge is 0.592 e. The first-order valence-corrected chi connectivity index (χ1v) is 10.9. The van der Waals surface area contributed by atoms with Crippen molar-refractivity contribution >= 4 is 6.21 Å². The molecule has 1 unspecified atom stereocenters. The Labute approximate surface area is 180 Å². The van der Waals surface area contributed by atoms with Crippen LogP contribution in [0.3, 0.4) is 0 Å². The number of hydrogen-bond acceptors (Lipinski definition) is 5. The topological polar surface area (TPSA) is 71.3 Å². The summed E-state index contributed by atoms with van der Waals surface area (Å²) >= 11 is 0. The van der Waals surface area contributed by atoms with Crippen molar-refractivity contribution in [2.45, 2.75) is 65.1 Å². The number of ether oxygens (including phenoxy) is 2. The van der Waals surface area contributed by atoms with Crippen LogP contribution in [0.1, 0.15) is 52.0 Å². The number of benzene rings is 1. The number of nitrogens with zero attached hydrogens (tertiary/aromatic N) is 1. The molecule has 0 bridgehead atoms. The molecular weight excluding hydrogens is 378 g/mol. The summed E-state index contributed by atoms with van der Waals surface area (Å²) in [4.78, 5) is 4.27. The third-order valence-corrected chi connectivity index (χ3v) is 5.41. The molecule has 5 heteroatoms. The molecule has 2 aliphatic heterocycles. The van der Waals surface area contributed by atoms with Crippen LogP contribution >= 0.6 is 0 Å². The minimum absolute atomic E-state index is 0.0356. The Hall–Kier alpha value is -2.53. The molecule has 0 aliphatic carbocycles. The molecule has 0 saturated heterocycles. The number of aliphatic hydroxyl groups is 1. The van der Waals surface area contributed by atoms with Crippen LogP contribution < -0.4 is 4.74 Å². The lowest BCUT2D eigenvalue weighted by Crippen LogP contribution is -2.22. The lowest BCUT2D eigenvalue weighted by molar-refractivity contribution is 0.120. The van der Waals surface area contributed by atoms with E-state index in [1.165, 1.54) is 12.8 Å². The van der Waals surface area contributed by atoms with Gasteiger partial charge in [-0.25, -0.2) is 0 Å². The number of hydrogen-bond donors (Lipinski definition) is 2. The maximum Gasteiger partial charge on any atom is 0.181 e. The van der Waals surface area contributed by atoms with E-state index in [-0.39, 0.29) is 18.5 Å². The third kappa shape index (κ3) is 5.99. The summed E-state index contributed by atoms with van der Waals surface area (Å²) in [7, 11) is 0. The molecule has 162 valence electrons. The van der Waals surface area contributed by atoms with Crippen molar-refractivity contribution in [3.63, 3.8) is 0 Å². The number of rotatable bonds is 11. The van der Waals surface area contributed by atoms with Gasteiger partial charge in [0.1, 0.15) is 12.2 Å². The standard InChI is InChI=1S/C25H33NO4/c1-4-5-6-20-10-11-21(30-20)9-7-18-8-12-23(27)25(13-18)29-16-24(28)22-14-19(15-26-22)17(2)3/h8,10-15,17,20,24,27-28H,4-7,9,16H2,1-3H3/t20?,24-/m0/s1. The van der Waals surface area contributed by atoms with Crippen LogP contribution in [0.5, 0.6) is 11.5 Å². The van der Waals surface area contributed by atoms with E-state index in [4.69, 9.17) is 9.47 Å². The Morgan fingerprint density at radius 1 is 1.30 bits per heavy atom. The molecule has 0 amide bonds. The summed E-state index contributed by atoms with van der Waals surface area (Å²) in [6.07, 6.45) is 12.3. The Morgan fingerprint density at radius 3 is 2.87 bits per heavy atom. The van der Waals surface area contributed by atoms with Crippen LogP contribution in [-0.2, 0) is 11.2 Å². The van der Waals surface area contributed by atoms with Gasteiger partial charge in [0.25, 0.3) is 0 Å². The number of aromatic hydroxyl groups is 1. The van der Waals surface area contributed by atoms with Gasteiger partial charge in [-0.3, -0.25) is 0 Å². The Kier molecular flexibility index (Phi) is 7.75. The Morgan fingerprint density at radius 2 is 2.13 bits per heavy atom. The van der Waals surface area contributed by atoms with E-state index in [9.17, 15) is 10.2 Å². The molecule has 0 saturated carbocycles. The van der Waals surface area contributed by atoms with Gasteiger partial charge in [-0.1, -0.05) is 38.0 Å². The van der Waals surface area contributed by atoms with Gasteiger partial charge < -0.3 is 19.7 Å². The van der Waals surface area contributed by atoms with Gasteiger partial charge in [0, 0.05) is 12.0 Å². The van der Waals surface area contributed by atoms with E-state index in [0.717, 1.165) is 36.2 Å². The molecule has 2 N–H and O–H groups in total. The highest BCUT2D eigenvalue weighted by atomic mass is 16.5. The fourth-order valence-corrected chi connectivity index (χ4v) is 3.43. The zero-order valence-corrected chi connectivity index (χ0v) is 18.2. The number of aryl methyl sites for hydroxylation is 1. The smallest absolute Gasteiger partial charge is 0.181 e. The maximum atomic E-state index is 10.4. The molecule has 5 nitrogen and oxygen atoms in total. The third-order valence-electron chi connectivity index (χ3n) is 5.41. The molecule has 0 radical (unpaired) electrons. The second kappa shape index (κ2) is 10.5. The summed E-state index contributed by atoms with van der Waals surface area (Å²) in [5.74, 6) is 1.80. The summed E-state index contributed by atoms with van der Waals surface area (Å²) in [5, 5.41) is 20.5. The van der Waals surface area contributed by atoms with Crippen molar-refractivity contribution in [2.24, 2.45) is 10.9 Å². The van der Waals surface area contributed by atoms with E-state index in [1.807, 2.05) is 18.2 Å². The van der Waals surface area contributed by atoms with Crippen molar-refractivity contribution in [1.29, 1.82) is 0 Å². The van der Waals surface area contributed by atoms with Crippen LogP contribution in [0.25, 0.3) is 0 Å². The lowest BCUT2D eigenvalue weighted by Gasteiger charge is -2.20. The van der Waals surface area contributed by atoms with E-state index in [0.29, 0.717) is 17.7 Å².